The average Bonchev–Trinajstić information content (AvgIpc) is 3.05. The fourth-order valence-corrected chi connectivity index (χ4v) is 3.07. The highest BCUT2D eigenvalue weighted by molar-refractivity contribution is 5.93. The van der Waals surface area contributed by atoms with Crippen molar-refractivity contribution in [3.8, 4) is 0 Å². The van der Waals surface area contributed by atoms with Gasteiger partial charge in [0.05, 0.1) is 0 Å². The minimum atomic E-state index is -1.16. The summed E-state index contributed by atoms with van der Waals surface area (Å²) in [5.74, 6) is -1.64. The van der Waals surface area contributed by atoms with Crippen molar-refractivity contribution in [2.45, 2.75) is 31.3 Å². The highest BCUT2D eigenvalue weighted by atomic mass is 16.4. The van der Waals surface area contributed by atoms with Crippen LogP contribution >= 0.6 is 0 Å². The maximum absolute atomic E-state index is 12.0. The second-order valence-corrected chi connectivity index (χ2v) is 5.08. The Kier molecular flexibility index (Phi) is 3.02. The molecule has 3 heterocycles. The number of amides is 1. The van der Waals surface area contributed by atoms with E-state index in [0.29, 0.717) is 6.04 Å². The number of hydrogen-bond acceptors (Lipinski definition) is 4. The minimum absolute atomic E-state index is 0.0637. The van der Waals surface area contributed by atoms with Crippen LogP contribution in [0.3, 0.4) is 0 Å². The van der Waals surface area contributed by atoms with Crippen LogP contribution in [0.5, 0.6) is 0 Å². The number of hydrogen-bond donors (Lipinski definition) is 2. The van der Waals surface area contributed by atoms with Crippen molar-refractivity contribution in [2.24, 2.45) is 0 Å². The van der Waals surface area contributed by atoms with Gasteiger partial charge in [-0.15, -0.1) is 0 Å². The molecular weight excluding hydrogens is 248 g/mol. The Hall–Kier alpha value is -1.82. The quantitative estimate of drug-likeness (QED) is 0.849. The smallest absolute Gasteiger partial charge is 0.371 e. The zero-order valence-electron chi connectivity index (χ0n) is 10.5. The monoisotopic (exact) mass is 264 g/mol. The van der Waals surface area contributed by atoms with Crippen LogP contribution in [-0.2, 0) is 0 Å². The van der Waals surface area contributed by atoms with Crippen molar-refractivity contribution in [1.29, 1.82) is 0 Å². The van der Waals surface area contributed by atoms with Crippen LogP contribution in [0.25, 0.3) is 0 Å². The molecular formula is C13H16N2O4. The Morgan fingerprint density at radius 2 is 2.05 bits per heavy atom. The van der Waals surface area contributed by atoms with Crippen LogP contribution in [0.2, 0.25) is 0 Å². The molecule has 0 saturated carbocycles. The number of furan rings is 1. The zero-order valence-corrected chi connectivity index (χ0v) is 10.5. The molecule has 2 atom stereocenters. The predicted molar refractivity (Wildman–Crippen MR) is 66.1 cm³/mol. The molecule has 0 aliphatic carbocycles. The van der Waals surface area contributed by atoms with Crippen LogP contribution < -0.4 is 5.32 Å². The Labute approximate surface area is 110 Å². The van der Waals surface area contributed by atoms with Crippen LogP contribution in [0.1, 0.15) is 40.4 Å². The first-order valence-corrected chi connectivity index (χ1v) is 6.53. The highest BCUT2D eigenvalue weighted by Crippen LogP contribution is 2.28. The van der Waals surface area contributed by atoms with Crippen molar-refractivity contribution in [3.05, 3.63) is 23.7 Å². The zero-order chi connectivity index (χ0) is 13.4. The second-order valence-electron chi connectivity index (χ2n) is 5.08. The molecule has 3 rings (SSSR count). The molecule has 1 amide bonds. The van der Waals surface area contributed by atoms with Gasteiger partial charge in [-0.25, -0.2) is 4.79 Å². The maximum Gasteiger partial charge on any atom is 0.371 e. The Morgan fingerprint density at radius 1 is 1.26 bits per heavy atom. The standard InChI is InChI=1S/C13H16N2O4/c16-12(10-3-4-11(19-10)13(17)18)14-8-5-7-15-6-1-2-9(8)15/h3-4,8-9H,1-2,5-7H2,(H,14,16)(H,17,18). The Balaban J connectivity index is 1.66. The summed E-state index contributed by atoms with van der Waals surface area (Å²) >= 11 is 0. The predicted octanol–water partition coefficient (Wildman–Crippen LogP) is 0.944. The summed E-state index contributed by atoms with van der Waals surface area (Å²) < 4.78 is 5.00. The van der Waals surface area contributed by atoms with E-state index in [4.69, 9.17) is 9.52 Å². The summed E-state index contributed by atoms with van der Waals surface area (Å²) in [6.45, 7) is 2.13. The van der Waals surface area contributed by atoms with Crippen molar-refractivity contribution in [1.82, 2.24) is 10.2 Å². The van der Waals surface area contributed by atoms with Gasteiger partial charge in [0.25, 0.3) is 5.91 Å². The molecule has 0 radical (unpaired) electrons. The minimum Gasteiger partial charge on any atom is -0.475 e. The summed E-state index contributed by atoms with van der Waals surface area (Å²) in [5, 5.41) is 11.7. The lowest BCUT2D eigenvalue weighted by atomic mass is 10.1. The van der Waals surface area contributed by atoms with Gasteiger partial charge in [-0.3, -0.25) is 9.69 Å². The molecule has 2 unspecified atom stereocenters. The number of aromatic carboxylic acids is 1. The number of fused-ring (bicyclic) bond motifs is 1. The lowest BCUT2D eigenvalue weighted by molar-refractivity contribution is 0.0659. The molecule has 6 nitrogen and oxygen atoms in total. The molecule has 2 saturated heterocycles. The number of carbonyl (C=O) groups excluding carboxylic acids is 1. The number of carboxylic acid groups (broad SMARTS) is 1. The number of carbonyl (C=O) groups is 2. The van der Waals surface area contributed by atoms with E-state index in [1.165, 1.54) is 18.6 Å². The molecule has 2 aliphatic heterocycles. The van der Waals surface area contributed by atoms with Gasteiger partial charge in [0.1, 0.15) is 0 Å². The van der Waals surface area contributed by atoms with Gasteiger partial charge in [-0.2, -0.15) is 0 Å². The summed E-state index contributed by atoms with van der Waals surface area (Å²) in [4.78, 5) is 25.1. The van der Waals surface area contributed by atoms with Crippen molar-refractivity contribution in [2.75, 3.05) is 13.1 Å². The normalized spacial score (nSPS) is 26.3. The number of nitrogens with zero attached hydrogens (tertiary/aromatic N) is 1. The first kappa shape index (κ1) is 12.2. The largest absolute Gasteiger partial charge is 0.475 e. The topological polar surface area (TPSA) is 82.8 Å². The van der Waals surface area contributed by atoms with Crippen LogP contribution in [0.4, 0.5) is 0 Å². The number of carboxylic acids is 1. The molecule has 1 aromatic rings. The van der Waals surface area contributed by atoms with Gasteiger partial charge in [0, 0.05) is 18.6 Å². The van der Waals surface area contributed by atoms with E-state index in [-0.39, 0.29) is 23.5 Å². The van der Waals surface area contributed by atoms with Gasteiger partial charge in [-0.05, 0) is 37.9 Å². The average molecular weight is 264 g/mol. The fourth-order valence-electron chi connectivity index (χ4n) is 3.07. The Bertz CT molecular complexity index is 510. The third-order valence-electron chi connectivity index (χ3n) is 3.96. The van der Waals surface area contributed by atoms with Crippen LogP contribution in [0.15, 0.2) is 16.5 Å². The third-order valence-corrected chi connectivity index (χ3v) is 3.96. The molecule has 0 bridgehead atoms. The van der Waals surface area contributed by atoms with E-state index in [1.807, 2.05) is 0 Å². The summed E-state index contributed by atoms with van der Waals surface area (Å²) in [6, 6.07) is 3.28. The highest BCUT2D eigenvalue weighted by Gasteiger charge is 2.38. The maximum atomic E-state index is 12.0. The first-order valence-electron chi connectivity index (χ1n) is 6.53. The van der Waals surface area contributed by atoms with E-state index in [1.54, 1.807) is 0 Å². The van der Waals surface area contributed by atoms with E-state index in [0.717, 1.165) is 25.9 Å². The summed E-state index contributed by atoms with van der Waals surface area (Å²) in [5.41, 5.74) is 0. The molecule has 1 aromatic heterocycles. The molecule has 102 valence electrons. The number of rotatable bonds is 3. The van der Waals surface area contributed by atoms with E-state index in [9.17, 15) is 9.59 Å². The van der Waals surface area contributed by atoms with Crippen molar-refractivity contribution >= 4 is 11.9 Å². The Morgan fingerprint density at radius 3 is 2.79 bits per heavy atom. The van der Waals surface area contributed by atoms with Gasteiger partial charge < -0.3 is 14.8 Å². The first-order chi connectivity index (χ1) is 9.15. The second kappa shape index (κ2) is 4.70. The van der Waals surface area contributed by atoms with Gasteiger partial charge in [-0.1, -0.05) is 0 Å². The molecule has 19 heavy (non-hydrogen) atoms. The molecule has 2 fully saturated rings. The van der Waals surface area contributed by atoms with Gasteiger partial charge in [0.2, 0.25) is 5.76 Å². The van der Waals surface area contributed by atoms with E-state index in [2.05, 4.69) is 10.2 Å². The lowest BCUT2D eigenvalue weighted by Gasteiger charge is -2.20. The lowest BCUT2D eigenvalue weighted by Crippen LogP contribution is -2.42. The third kappa shape index (κ3) is 2.23. The van der Waals surface area contributed by atoms with Crippen LogP contribution in [0, 0.1) is 0 Å². The molecule has 2 N–H and O–H groups in total. The molecule has 0 spiro atoms. The van der Waals surface area contributed by atoms with E-state index < -0.39 is 5.97 Å². The van der Waals surface area contributed by atoms with Crippen LogP contribution in [-0.4, -0.2) is 47.1 Å². The molecule has 2 aliphatic rings. The molecule has 6 heteroatoms. The van der Waals surface area contributed by atoms with Gasteiger partial charge >= 0.3 is 5.97 Å². The number of nitrogens with one attached hydrogen (secondary N) is 1. The van der Waals surface area contributed by atoms with E-state index >= 15 is 0 Å². The van der Waals surface area contributed by atoms with Crippen molar-refractivity contribution in [3.63, 3.8) is 0 Å². The van der Waals surface area contributed by atoms with Crippen molar-refractivity contribution < 1.29 is 19.1 Å². The summed E-state index contributed by atoms with van der Waals surface area (Å²) in [7, 11) is 0. The summed E-state index contributed by atoms with van der Waals surface area (Å²) in [6.07, 6.45) is 3.24. The SMILES string of the molecule is O=C(O)c1ccc(C(=O)NC2CCN3CCCC23)o1. The van der Waals surface area contributed by atoms with Gasteiger partial charge in [0.15, 0.2) is 5.76 Å². The molecule has 0 aromatic carbocycles. The fraction of sp³-hybridized carbons (Fsp3) is 0.538.